The molecule has 0 spiro atoms. The molecule has 2 heterocycles. The largest absolute Gasteiger partial charge is 0.346 e. The van der Waals surface area contributed by atoms with Crippen molar-refractivity contribution in [1.29, 1.82) is 0 Å². The molecule has 0 aliphatic rings. The molecule has 0 bridgehead atoms. The molecule has 0 aliphatic heterocycles. The van der Waals surface area contributed by atoms with Gasteiger partial charge in [0.1, 0.15) is 0 Å². The molecule has 6 nitrogen and oxygen atoms in total. The summed E-state index contributed by atoms with van der Waals surface area (Å²) >= 11 is 0. The summed E-state index contributed by atoms with van der Waals surface area (Å²) in [4.78, 5) is 19.1. The second-order valence-corrected chi connectivity index (χ2v) is 8.03. The average Bonchev–Trinajstić information content (AvgIpc) is 3.04. The lowest BCUT2D eigenvalue weighted by atomic mass is 10.0. The minimum atomic E-state index is 0. The van der Waals surface area contributed by atoms with Crippen molar-refractivity contribution in [2.45, 2.75) is 53.0 Å². The van der Waals surface area contributed by atoms with Crippen LogP contribution in [0.3, 0.4) is 0 Å². The zero-order valence-corrected chi connectivity index (χ0v) is 18.8. The lowest BCUT2D eigenvalue weighted by molar-refractivity contribution is -0.129. The van der Waals surface area contributed by atoms with Gasteiger partial charge in [-0.1, -0.05) is 26.0 Å². The van der Waals surface area contributed by atoms with E-state index >= 15 is 0 Å². The van der Waals surface area contributed by atoms with Crippen molar-refractivity contribution in [2.75, 3.05) is 13.6 Å². The Labute approximate surface area is 178 Å². The van der Waals surface area contributed by atoms with E-state index in [1.807, 2.05) is 42.8 Å². The van der Waals surface area contributed by atoms with Gasteiger partial charge < -0.3 is 10.6 Å². The Kier molecular flexibility index (Phi) is 7.60. The van der Waals surface area contributed by atoms with Crippen LogP contribution in [0.25, 0.3) is 16.6 Å². The highest BCUT2D eigenvalue weighted by Gasteiger charge is 2.17. The van der Waals surface area contributed by atoms with Crippen LogP contribution in [0.15, 0.2) is 24.3 Å². The quantitative estimate of drug-likeness (QED) is 0.636. The summed E-state index contributed by atoms with van der Waals surface area (Å²) < 4.78 is 1.91. The Morgan fingerprint density at radius 3 is 2.62 bits per heavy atom. The summed E-state index contributed by atoms with van der Waals surface area (Å²) in [6.07, 6.45) is 1.95. The van der Waals surface area contributed by atoms with Crippen molar-refractivity contribution in [2.24, 2.45) is 11.7 Å². The topological polar surface area (TPSA) is 76.5 Å². The van der Waals surface area contributed by atoms with Crippen molar-refractivity contribution in [3.8, 4) is 0 Å². The third kappa shape index (κ3) is 4.87. The van der Waals surface area contributed by atoms with Crippen LogP contribution in [0.2, 0.25) is 0 Å². The Balaban J connectivity index is 0.00000300. The van der Waals surface area contributed by atoms with Gasteiger partial charge in [-0.25, -0.2) is 9.50 Å². The third-order valence-corrected chi connectivity index (χ3v) is 5.69. The molecule has 3 rings (SSSR count). The minimum Gasteiger partial charge on any atom is -0.346 e. The van der Waals surface area contributed by atoms with Gasteiger partial charge in [0.2, 0.25) is 5.91 Å². The van der Waals surface area contributed by atoms with E-state index in [1.165, 1.54) is 0 Å². The molecule has 158 valence electrons. The molecule has 0 saturated heterocycles. The Morgan fingerprint density at radius 2 is 1.93 bits per heavy atom. The van der Waals surface area contributed by atoms with Gasteiger partial charge in [0, 0.05) is 42.8 Å². The summed E-state index contributed by atoms with van der Waals surface area (Å²) in [5, 5.41) is 5.74. The smallest absolute Gasteiger partial charge is 0.222 e. The number of aryl methyl sites for hydroxylation is 2. The van der Waals surface area contributed by atoms with E-state index in [-0.39, 0.29) is 24.4 Å². The molecule has 0 aliphatic carbocycles. The number of hydrogen-bond donors (Lipinski definition) is 1. The maximum atomic E-state index is 12.6. The Hall–Kier alpha value is -2.18. The summed E-state index contributed by atoms with van der Waals surface area (Å²) in [6, 6.07) is 8.16. The van der Waals surface area contributed by atoms with Crippen LogP contribution in [0.4, 0.5) is 0 Å². The third-order valence-electron chi connectivity index (χ3n) is 5.69. The van der Waals surface area contributed by atoms with Crippen molar-refractivity contribution >= 4 is 34.9 Å². The number of fused-ring (bicyclic) bond motifs is 3. The fourth-order valence-electron chi connectivity index (χ4n) is 3.56. The molecule has 0 saturated carbocycles. The molecule has 3 aromatic rings. The van der Waals surface area contributed by atoms with Crippen LogP contribution in [-0.4, -0.2) is 45.0 Å². The van der Waals surface area contributed by atoms with E-state index in [4.69, 9.17) is 10.7 Å². The first-order valence-corrected chi connectivity index (χ1v) is 10.0. The number of amides is 1. The number of nitrogens with two attached hydrogens (primary N) is 1. The molecular weight excluding hydrogens is 386 g/mol. The summed E-state index contributed by atoms with van der Waals surface area (Å²) in [7, 11) is 1.86. The average molecular weight is 418 g/mol. The molecule has 2 N–H and O–H groups in total. The molecular formula is C22H32ClN5O. The molecule has 7 heteroatoms. The van der Waals surface area contributed by atoms with E-state index in [0.29, 0.717) is 25.3 Å². The molecule has 29 heavy (non-hydrogen) atoms. The van der Waals surface area contributed by atoms with Crippen molar-refractivity contribution in [1.82, 2.24) is 19.5 Å². The zero-order chi connectivity index (χ0) is 20.4. The lowest BCUT2D eigenvalue weighted by Gasteiger charge is -2.22. The molecule has 1 amide bonds. The number of carbonyl (C=O) groups is 1. The lowest BCUT2D eigenvalue weighted by Crippen LogP contribution is -2.34. The molecule has 1 atom stereocenters. The fourth-order valence-corrected chi connectivity index (χ4v) is 3.56. The van der Waals surface area contributed by atoms with Gasteiger partial charge in [0.05, 0.1) is 5.52 Å². The maximum Gasteiger partial charge on any atom is 0.222 e. The Morgan fingerprint density at radius 1 is 1.24 bits per heavy atom. The van der Waals surface area contributed by atoms with Gasteiger partial charge in [-0.15, -0.1) is 12.4 Å². The summed E-state index contributed by atoms with van der Waals surface area (Å²) in [5.74, 6) is 0.566. The Bertz CT molecular complexity index is 998. The van der Waals surface area contributed by atoms with Crippen LogP contribution < -0.4 is 5.73 Å². The highest BCUT2D eigenvalue weighted by atomic mass is 35.5. The van der Waals surface area contributed by atoms with Gasteiger partial charge in [-0.3, -0.25) is 4.79 Å². The number of carbonyl (C=O) groups excluding carboxylic acids is 1. The minimum absolute atomic E-state index is 0. The number of aromatic nitrogens is 3. The highest BCUT2D eigenvalue weighted by molar-refractivity contribution is 5.92. The van der Waals surface area contributed by atoms with E-state index in [0.717, 1.165) is 39.9 Å². The van der Waals surface area contributed by atoms with Crippen molar-refractivity contribution in [3.05, 3.63) is 41.2 Å². The van der Waals surface area contributed by atoms with Crippen molar-refractivity contribution < 1.29 is 4.79 Å². The number of rotatable bonds is 7. The van der Waals surface area contributed by atoms with Gasteiger partial charge in [-0.05, 0) is 50.3 Å². The van der Waals surface area contributed by atoms with E-state index in [1.54, 1.807) is 4.90 Å². The van der Waals surface area contributed by atoms with Gasteiger partial charge in [0.25, 0.3) is 0 Å². The predicted octanol–water partition coefficient (Wildman–Crippen LogP) is 3.69. The number of nitrogens with zero attached hydrogens (tertiary/aromatic N) is 4. The first kappa shape index (κ1) is 23.1. The standard InChI is InChI=1S/C22H31N5O.ClH/c1-14(2)19(23)12-13-26(5)21(28)11-10-17-15(3)24-22-18-8-6-7-9-20(18)25-27(22)16(17)4;/h6-9,14,19H,10-13,23H2,1-5H3;1H. The number of hydrogen-bond acceptors (Lipinski definition) is 4. The normalized spacial score (nSPS) is 12.4. The van der Waals surface area contributed by atoms with Crippen LogP contribution in [0.1, 0.15) is 43.6 Å². The first-order chi connectivity index (χ1) is 13.3. The van der Waals surface area contributed by atoms with Crippen LogP contribution in [0, 0.1) is 19.8 Å². The predicted molar refractivity (Wildman–Crippen MR) is 121 cm³/mol. The van der Waals surface area contributed by atoms with Crippen LogP contribution in [-0.2, 0) is 11.2 Å². The summed E-state index contributed by atoms with van der Waals surface area (Å²) in [5.41, 5.74) is 11.0. The number of halogens is 1. The highest BCUT2D eigenvalue weighted by Crippen LogP contribution is 2.23. The van der Waals surface area contributed by atoms with Gasteiger partial charge >= 0.3 is 0 Å². The van der Waals surface area contributed by atoms with Gasteiger partial charge in [0.15, 0.2) is 5.65 Å². The zero-order valence-electron chi connectivity index (χ0n) is 18.0. The van der Waals surface area contributed by atoms with Crippen LogP contribution in [0.5, 0.6) is 0 Å². The fraction of sp³-hybridized carbons (Fsp3) is 0.500. The molecule has 1 aromatic carbocycles. The molecule has 0 radical (unpaired) electrons. The van der Waals surface area contributed by atoms with Crippen LogP contribution >= 0.6 is 12.4 Å². The van der Waals surface area contributed by atoms with Gasteiger partial charge in [-0.2, -0.15) is 5.10 Å². The van der Waals surface area contributed by atoms with E-state index < -0.39 is 0 Å². The summed E-state index contributed by atoms with van der Waals surface area (Å²) in [6.45, 7) is 8.98. The number of benzene rings is 1. The molecule has 1 unspecified atom stereocenters. The molecule has 2 aromatic heterocycles. The second kappa shape index (κ2) is 9.55. The molecule has 0 fully saturated rings. The van der Waals surface area contributed by atoms with E-state index in [9.17, 15) is 4.79 Å². The maximum absolute atomic E-state index is 12.6. The second-order valence-electron chi connectivity index (χ2n) is 8.03. The first-order valence-electron chi connectivity index (χ1n) is 10.0. The van der Waals surface area contributed by atoms with Crippen molar-refractivity contribution in [3.63, 3.8) is 0 Å². The monoisotopic (exact) mass is 417 g/mol. The van der Waals surface area contributed by atoms with E-state index in [2.05, 4.69) is 25.9 Å². The SMILES string of the molecule is Cc1nc2c3ccccc3nn2c(C)c1CCC(=O)N(C)CCC(N)C(C)C.Cl.